The third kappa shape index (κ3) is 1.87. The van der Waals surface area contributed by atoms with E-state index in [1.807, 2.05) is 31.2 Å². The monoisotopic (exact) mass is 214 g/mol. The van der Waals surface area contributed by atoms with Crippen LogP contribution in [0, 0.1) is 12.7 Å². The molecule has 0 atom stereocenters. The Balaban J connectivity index is 2.64. The van der Waals surface area contributed by atoms with Crippen molar-refractivity contribution in [2.24, 2.45) is 0 Å². The molecule has 0 N–H and O–H groups in total. The van der Waals surface area contributed by atoms with Crippen molar-refractivity contribution in [3.8, 4) is 11.1 Å². The smallest absolute Gasteiger partial charge is 0.153 e. The number of halogens is 1. The van der Waals surface area contributed by atoms with Crippen LogP contribution >= 0.6 is 0 Å². The van der Waals surface area contributed by atoms with E-state index in [0.29, 0.717) is 11.8 Å². The maximum atomic E-state index is 13.4. The largest absolute Gasteiger partial charge is 0.298 e. The fraction of sp³-hybridized carbons (Fsp3) is 0.0714. The second-order valence-electron chi connectivity index (χ2n) is 3.69. The summed E-state index contributed by atoms with van der Waals surface area (Å²) >= 11 is 0. The Morgan fingerprint density at radius 1 is 1.12 bits per heavy atom. The third-order valence-corrected chi connectivity index (χ3v) is 2.50. The summed E-state index contributed by atoms with van der Waals surface area (Å²) < 4.78 is 13.4. The fourth-order valence-corrected chi connectivity index (χ4v) is 1.72. The number of aryl methyl sites for hydroxylation is 1. The number of carbonyl (C=O) groups excluding carboxylic acids is 1. The Morgan fingerprint density at radius 3 is 2.56 bits per heavy atom. The molecule has 2 aromatic carbocycles. The van der Waals surface area contributed by atoms with Crippen LogP contribution in [-0.4, -0.2) is 6.29 Å². The Hall–Kier alpha value is -1.96. The molecule has 16 heavy (non-hydrogen) atoms. The van der Waals surface area contributed by atoms with Gasteiger partial charge in [0.25, 0.3) is 0 Å². The molecular formula is C14H11FO. The Kier molecular flexibility index (Phi) is 2.82. The molecule has 0 saturated carbocycles. The summed E-state index contributed by atoms with van der Waals surface area (Å²) in [6, 6.07) is 12.3. The van der Waals surface area contributed by atoms with Crippen LogP contribution in [0.25, 0.3) is 11.1 Å². The van der Waals surface area contributed by atoms with E-state index in [0.717, 1.165) is 11.1 Å². The number of hydrogen-bond donors (Lipinski definition) is 0. The molecule has 2 rings (SSSR count). The maximum Gasteiger partial charge on any atom is 0.153 e. The lowest BCUT2D eigenvalue weighted by Crippen LogP contribution is -1.92. The average molecular weight is 214 g/mol. The summed E-state index contributed by atoms with van der Waals surface area (Å²) in [5.41, 5.74) is 2.70. The van der Waals surface area contributed by atoms with Gasteiger partial charge in [0, 0.05) is 0 Å². The van der Waals surface area contributed by atoms with Crippen LogP contribution in [0.1, 0.15) is 15.9 Å². The fourth-order valence-electron chi connectivity index (χ4n) is 1.72. The van der Waals surface area contributed by atoms with Gasteiger partial charge in [0.15, 0.2) is 6.29 Å². The molecule has 1 nitrogen and oxygen atoms in total. The first kappa shape index (κ1) is 10.6. The number of hydrogen-bond acceptors (Lipinski definition) is 1. The average Bonchev–Trinajstić information content (AvgIpc) is 2.28. The van der Waals surface area contributed by atoms with Gasteiger partial charge in [-0.25, -0.2) is 4.39 Å². The SMILES string of the molecule is Cc1cccc(-c2cccc(F)c2C=O)c1. The van der Waals surface area contributed by atoms with E-state index in [1.165, 1.54) is 6.07 Å². The predicted octanol–water partition coefficient (Wildman–Crippen LogP) is 3.61. The van der Waals surface area contributed by atoms with Crippen LogP contribution in [-0.2, 0) is 0 Å². The van der Waals surface area contributed by atoms with Gasteiger partial charge in [0.05, 0.1) is 5.56 Å². The lowest BCUT2D eigenvalue weighted by Gasteiger charge is -2.06. The van der Waals surface area contributed by atoms with E-state index >= 15 is 0 Å². The van der Waals surface area contributed by atoms with Crippen LogP contribution in [0.4, 0.5) is 4.39 Å². The van der Waals surface area contributed by atoms with Crippen LogP contribution in [0.15, 0.2) is 42.5 Å². The standard InChI is InChI=1S/C14H11FO/c1-10-4-2-5-11(8-10)12-6-3-7-14(15)13(12)9-16/h2-9H,1H3. The summed E-state index contributed by atoms with van der Waals surface area (Å²) in [5, 5.41) is 0. The Morgan fingerprint density at radius 2 is 1.88 bits per heavy atom. The van der Waals surface area contributed by atoms with Gasteiger partial charge in [-0.15, -0.1) is 0 Å². The van der Waals surface area contributed by atoms with Crippen LogP contribution < -0.4 is 0 Å². The van der Waals surface area contributed by atoms with Crippen molar-refractivity contribution < 1.29 is 9.18 Å². The molecule has 80 valence electrons. The first-order chi connectivity index (χ1) is 7.72. The summed E-state index contributed by atoms with van der Waals surface area (Å²) in [6.07, 6.45) is 0.562. The number of rotatable bonds is 2. The van der Waals surface area contributed by atoms with Crippen LogP contribution in [0.2, 0.25) is 0 Å². The van der Waals surface area contributed by atoms with Crippen LogP contribution in [0.5, 0.6) is 0 Å². The third-order valence-electron chi connectivity index (χ3n) is 2.50. The van der Waals surface area contributed by atoms with E-state index in [1.54, 1.807) is 12.1 Å². The minimum Gasteiger partial charge on any atom is -0.298 e. The van der Waals surface area contributed by atoms with Crippen molar-refractivity contribution in [2.75, 3.05) is 0 Å². The quantitative estimate of drug-likeness (QED) is 0.698. The van der Waals surface area contributed by atoms with Gasteiger partial charge in [-0.1, -0.05) is 42.0 Å². The first-order valence-corrected chi connectivity index (χ1v) is 5.03. The molecule has 0 fully saturated rings. The van der Waals surface area contributed by atoms with Gasteiger partial charge < -0.3 is 0 Å². The second kappa shape index (κ2) is 4.27. The van der Waals surface area contributed by atoms with Crippen molar-refractivity contribution in [1.82, 2.24) is 0 Å². The normalized spacial score (nSPS) is 10.1. The summed E-state index contributed by atoms with van der Waals surface area (Å²) in [4.78, 5) is 10.9. The first-order valence-electron chi connectivity index (χ1n) is 5.03. The Bertz CT molecular complexity index is 532. The topological polar surface area (TPSA) is 17.1 Å². The van der Waals surface area contributed by atoms with Crippen LogP contribution in [0.3, 0.4) is 0 Å². The van der Waals surface area contributed by atoms with Gasteiger partial charge in [-0.05, 0) is 24.1 Å². The molecule has 0 aliphatic carbocycles. The molecule has 2 aromatic rings. The molecule has 2 heteroatoms. The molecule has 0 aliphatic heterocycles. The maximum absolute atomic E-state index is 13.4. The highest BCUT2D eigenvalue weighted by atomic mass is 19.1. The van der Waals surface area contributed by atoms with E-state index in [2.05, 4.69) is 0 Å². The van der Waals surface area contributed by atoms with Gasteiger partial charge in [-0.2, -0.15) is 0 Å². The highest BCUT2D eigenvalue weighted by Crippen LogP contribution is 2.25. The van der Waals surface area contributed by atoms with Crippen molar-refractivity contribution in [2.45, 2.75) is 6.92 Å². The van der Waals surface area contributed by atoms with Gasteiger partial charge in [0.2, 0.25) is 0 Å². The molecule has 0 saturated heterocycles. The van der Waals surface area contributed by atoms with Crippen molar-refractivity contribution in [3.63, 3.8) is 0 Å². The minimum absolute atomic E-state index is 0.119. The highest BCUT2D eigenvalue weighted by Gasteiger charge is 2.08. The predicted molar refractivity (Wildman–Crippen MR) is 62.0 cm³/mol. The van der Waals surface area contributed by atoms with E-state index in [-0.39, 0.29) is 5.56 Å². The zero-order valence-corrected chi connectivity index (χ0v) is 8.91. The highest BCUT2D eigenvalue weighted by molar-refractivity contribution is 5.87. The summed E-state index contributed by atoms with van der Waals surface area (Å²) in [5.74, 6) is -0.478. The summed E-state index contributed by atoms with van der Waals surface area (Å²) in [7, 11) is 0. The number of aldehydes is 1. The molecule has 0 unspecified atom stereocenters. The molecule has 0 spiro atoms. The second-order valence-corrected chi connectivity index (χ2v) is 3.69. The molecular weight excluding hydrogens is 203 g/mol. The molecule has 0 amide bonds. The van der Waals surface area contributed by atoms with E-state index in [9.17, 15) is 9.18 Å². The Labute approximate surface area is 93.5 Å². The zero-order valence-electron chi connectivity index (χ0n) is 8.91. The van der Waals surface area contributed by atoms with Gasteiger partial charge in [-0.3, -0.25) is 4.79 Å². The number of carbonyl (C=O) groups is 1. The van der Waals surface area contributed by atoms with Crippen molar-refractivity contribution in [3.05, 3.63) is 59.4 Å². The minimum atomic E-state index is -0.478. The number of benzene rings is 2. The van der Waals surface area contributed by atoms with E-state index in [4.69, 9.17) is 0 Å². The lowest BCUT2D eigenvalue weighted by molar-refractivity contribution is 0.112. The molecule has 0 aliphatic rings. The molecule has 0 bridgehead atoms. The lowest BCUT2D eigenvalue weighted by atomic mass is 9.99. The molecule has 0 aromatic heterocycles. The van der Waals surface area contributed by atoms with Gasteiger partial charge >= 0.3 is 0 Å². The molecule has 0 heterocycles. The van der Waals surface area contributed by atoms with Crippen molar-refractivity contribution in [1.29, 1.82) is 0 Å². The zero-order chi connectivity index (χ0) is 11.5. The van der Waals surface area contributed by atoms with E-state index < -0.39 is 5.82 Å². The van der Waals surface area contributed by atoms with Gasteiger partial charge in [0.1, 0.15) is 5.82 Å². The summed E-state index contributed by atoms with van der Waals surface area (Å²) in [6.45, 7) is 1.96. The molecule has 0 radical (unpaired) electrons. The van der Waals surface area contributed by atoms with Crippen molar-refractivity contribution >= 4 is 6.29 Å².